The van der Waals surface area contributed by atoms with Gasteiger partial charge in [0.15, 0.2) is 11.0 Å². The van der Waals surface area contributed by atoms with Crippen molar-refractivity contribution in [2.24, 2.45) is 0 Å². The molecule has 0 radical (unpaired) electrons. The number of allylic oxidation sites excluding steroid dienone is 1. The number of piperazine rings is 1. The molecule has 3 rings (SSSR count). The second-order valence-electron chi connectivity index (χ2n) is 7.00. The summed E-state index contributed by atoms with van der Waals surface area (Å²) in [6.45, 7) is 8.95. The lowest BCUT2D eigenvalue weighted by atomic mass is 10.1. The van der Waals surface area contributed by atoms with Crippen LogP contribution in [0.3, 0.4) is 0 Å². The zero-order valence-electron chi connectivity index (χ0n) is 16.5. The van der Waals surface area contributed by atoms with Crippen LogP contribution in [0, 0.1) is 5.41 Å². The Kier molecular flexibility index (Phi) is 7.01. The summed E-state index contributed by atoms with van der Waals surface area (Å²) in [5.41, 5.74) is 3.97. The molecule has 0 bridgehead atoms. The predicted octanol–water partition coefficient (Wildman–Crippen LogP) is 3.36. The normalized spacial score (nSPS) is 15.9. The van der Waals surface area contributed by atoms with Crippen LogP contribution in [0.15, 0.2) is 54.0 Å². The van der Waals surface area contributed by atoms with Crippen LogP contribution in [0.1, 0.15) is 19.4 Å². The summed E-state index contributed by atoms with van der Waals surface area (Å²) < 4.78 is 0. The van der Waals surface area contributed by atoms with Crippen molar-refractivity contribution in [3.8, 4) is 0 Å². The second-order valence-corrected chi connectivity index (χ2v) is 7.36. The van der Waals surface area contributed by atoms with Gasteiger partial charge in [-0.05, 0) is 19.4 Å². The maximum Gasteiger partial charge on any atom is 0.171 e. The van der Waals surface area contributed by atoms with Gasteiger partial charge in [-0.3, -0.25) is 4.90 Å². The molecule has 28 heavy (non-hydrogen) atoms. The number of anilines is 1. The zero-order valence-corrected chi connectivity index (χ0v) is 17.2. The smallest absolute Gasteiger partial charge is 0.171 e. The summed E-state index contributed by atoms with van der Waals surface area (Å²) in [4.78, 5) is 13.0. The number of aromatic nitrogens is 2. The minimum Gasteiger partial charge on any atom is -0.384 e. The third kappa shape index (κ3) is 5.30. The van der Waals surface area contributed by atoms with E-state index in [9.17, 15) is 0 Å². The molecular weight excluding hydrogens is 372 g/mol. The van der Waals surface area contributed by atoms with E-state index in [1.54, 1.807) is 12.4 Å². The minimum absolute atomic E-state index is 0.452. The molecule has 1 fully saturated rings. The molecule has 2 aromatic rings. The van der Waals surface area contributed by atoms with Crippen molar-refractivity contribution in [3.05, 3.63) is 64.7 Å². The highest BCUT2D eigenvalue weighted by atomic mass is 35.5. The van der Waals surface area contributed by atoms with Gasteiger partial charge in [-0.2, -0.15) is 0 Å². The fourth-order valence-electron chi connectivity index (χ4n) is 3.32. The van der Waals surface area contributed by atoms with E-state index in [1.165, 1.54) is 5.56 Å². The molecule has 148 valence electrons. The van der Waals surface area contributed by atoms with Gasteiger partial charge in [-0.25, -0.2) is 9.97 Å². The van der Waals surface area contributed by atoms with Crippen molar-refractivity contribution in [1.29, 1.82) is 5.41 Å². The van der Waals surface area contributed by atoms with Gasteiger partial charge in [0.1, 0.15) is 0 Å². The van der Waals surface area contributed by atoms with Gasteiger partial charge in [-0.15, -0.1) is 0 Å². The van der Waals surface area contributed by atoms with Gasteiger partial charge in [0.05, 0.1) is 0 Å². The Labute approximate surface area is 171 Å². The SMILES string of the molecule is CC(=N)/C(CN1CCN(c2nccnc2Cl)CC1)=C(/C)NCc1ccccc1. The summed E-state index contributed by atoms with van der Waals surface area (Å²) in [6.07, 6.45) is 3.28. The molecule has 0 amide bonds. The Morgan fingerprint density at radius 3 is 2.39 bits per heavy atom. The molecule has 0 saturated carbocycles. The standard InChI is InChI=1S/C21H27ClN6/c1-16(23)19(17(2)26-14-18-6-4-3-5-7-18)15-27-10-12-28(13-11-27)21-20(22)24-8-9-25-21/h3-9,23,26H,10-15H2,1-2H3/b19-17-,23-16?. The molecule has 2 heterocycles. The Bertz CT molecular complexity index is 828. The maximum absolute atomic E-state index is 8.22. The molecule has 0 unspecified atom stereocenters. The third-order valence-corrected chi connectivity index (χ3v) is 5.26. The van der Waals surface area contributed by atoms with E-state index in [-0.39, 0.29) is 0 Å². The van der Waals surface area contributed by atoms with Gasteiger partial charge < -0.3 is 15.6 Å². The molecule has 1 saturated heterocycles. The topological polar surface area (TPSA) is 68.1 Å². The van der Waals surface area contributed by atoms with E-state index in [0.29, 0.717) is 10.9 Å². The Morgan fingerprint density at radius 2 is 1.75 bits per heavy atom. The highest BCUT2D eigenvalue weighted by Crippen LogP contribution is 2.21. The molecule has 2 N–H and O–H groups in total. The van der Waals surface area contributed by atoms with Crippen molar-refractivity contribution in [2.45, 2.75) is 20.4 Å². The molecule has 6 nitrogen and oxygen atoms in total. The molecule has 1 aliphatic rings. The molecule has 1 aromatic carbocycles. The van der Waals surface area contributed by atoms with Crippen molar-refractivity contribution >= 4 is 23.1 Å². The molecule has 0 atom stereocenters. The van der Waals surface area contributed by atoms with E-state index in [0.717, 1.165) is 56.4 Å². The minimum atomic E-state index is 0.452. The van der Waals surface area contributed by atoms with Crippen LogP contribution in [0.25, 0.3) is 0 Å². The Morgan fingerprint density at radius 1 is 1.07 bits per heavy atom. The summed E-state index contributed by atoms with van der Waals surface area (Å²) >= 11 is 6.17. The van der Waals surface area contributed by atoms with Crippen molar-refractivity contribution in [3.63, 3.8) is 0 Å². The lowest BCUT2D eigenvalue weighted by molar-refractivity contribution is 0.279. The van der Waals surface area contributed by atoms with Crippen LogP contribution < -0.4 is 10.2 Å². The quantitative estimate of drug-likeness (QED) is 0.700. The first kappa shape index (κ1) is 20.3. The van der Waals surface area contributed by atoms with Crippen LogP contribution in [0.2, 0.25) is 5.15 Å². The summed E-state index contributed by atoms with van der Waals surface area (Å²) in [7, 11) is 0. The van der Waals surface area contributed by atoms with E-state index < -0.39 is 0 Å². The number of hydrogen-bond donors (Lipinski definition) is 2. The van der Waals surface area contributed by atoms with Crippen molar-refractivity contribution in [2.75, 3.05) is 37.6 Å². The largest absolute Gasteiger partial charge is 0.384 e. The summed E-state index contributed by atoms with van der Waals surface area (Å²) in [6, 6.07) is 10.3. The Balaban J connectivity index is 1.59. The average molecular weight is 399 g/mol. The van der Waals surface area contributed by atoms with Gasteiger partial charge >= 0.3 is 0 Å². The molecular formula is C21H27ClN6. The van der Waals surface area contributed by atoms with Crippen LogP contribution in [0.5, 0.6) is 0 Å². The lowest BCUT2D eigenvalue weighted by Gasteiger charge is -2.36. The average Bonchev–Trinajstić information content (AvgIpc) is 2.72. The number of rotatable bonds is 7. The monoisotopic (exact) mass is 398 g/mol. The van der Waals surface area contributed by atoms with Gasteiger partial charge in [0.2, 0.25) is 0 Å². The fraction of sp³-hybridized carbons (Fsp3) is 0.381. The van der Waals surface area contributed by atoms with Gasteiger partial charge in [-0.1, -0.05) is 41.9 Å². The lowest BCUT2D eigenvalue weighted by Crippen LogP contribution is -2.47. The third-order valence-electron chi connectivity index (χ3n) is 5.00. The van der Waals surface area contributed by atoms with E-state index in [4.69, 9.17) is 17.0 Å². The first-order chi connectivity index (χ1) is 13.5. The molecule has 1 aliphatic heterocycles. The van der Waals surface area contributed by atoms with E-state index in [1.807, 2.05) is 25.1 Å². The second kappa shape index (κ2) is 9.66. The van der Waals surface area contributed by atoms with Crippen LogP contribution in [-0.2, 0) is 6.54 Å². The predicted molar refractivity (Wildman–Crippen MR) is 115 cm³/mol. The van der Waals surface area contributed by atoms with Crippen LogP contribution in [-0.4, -0.2) is 53.3 Å². The van der Waals surface area contributed by atoms with Gasteiger partial charge in [0, 0.05) is 68.6 Å². The van der Waals surface area contributed by atoms with Crippen LogP contribution in [0.4, 0.5) is 5.82 Å². The zero-order chi connectivity index (χ0) is 19.9. The first-order valence-corrected chi connectivity index (χ1v) is 9.89. The molecule has 0 aliphatic carbocycles. The van der Waals surface area contributed by atoms with E-state index >= 15 is 0 Å². The van der Waals surface area contributed by atoms with Crippen molar-refractivity contribution < 1.29 is 0 Å². The van der Waals surface area contributed by atoms with Crippen LogP contribution >= 0.6 is 11.6 Å². The summed E-state index contributed by atoms with van der Waals surface area (Å²) in [5.74, 6) is 0.753. The first-order valence-electron chi connectivity index (χ1n) is 9.51. The molecule has 0 spiro atoms. The van der Waals surface area contributed by atoms with Crippen molar-refractivity contribution in [1.82, 2.24) is 20.2 Å². The highest BCUT2D eigenvalue weighted by molar-refractivity contribution is 6.31. The number of halogens is 1. The van der Waals surface area contributed by atoms with Gasteiger partial charge in [0.25, 0.3) is 0 Å². The number of hydrogen-bond acceptors (Lipinski definition) is 6. The molecule has 7 heteroatoms. The molecule has 1 aromatic heterocycles. The number of nitrogens with zero attached hydrogens (tertiary/aromatic N) is 4. The maximum atomic E-state index is 8.22. The highest BCUT2D eigenvalue weighted by Gasteiger charge is 2.21. The van der Waals surface area contributed by atoms with E-state index in [2.05, 4.69) is 44.1 Å². The number of benzene rings is 1. The fourth-order valence-corrected chi connectivity index (χ4v) is 3.55. The summed E-state index contributed by atoms with van der Waals surface area (Å²) in [5, 5.41) is 12.1. The number of nitrogens with one attached hydrogen (secondary N) is 2. The Hall–Kier alpha value is -2.44.